The number of nitrogens with one attached hydrogen (secondary N) is 1. The number of anilines is 1. The fraction of sp³-hybridized carbons (Fsp3) is 0.625. The zero-order chi connectivity index (χ0) is 13.3. The van der Waals surface area contributed by atoms with Gasteiger partial charge < -0.3 is 15.0 Å². The van der Waals surface area contributed by atoms with Crippen molar-refractivity contribution >= 4 is 5.69 Å². The van der Waals surface area contributed by atoms with Crippen LogP contribution in [0, 0.1) is 0 Å². The summed E-state index contributed by atoms with van der Waals surface area (Å²) in [6.45, 7) is 7.16. The number of benzene rings is 1. The van der Waals surface area contributed by atoms with Crippen molar-refractivity contribution in [3.05, 3.63) is 30.3 Å². The molecule has 1 aliphatic rings. The molecule has 2 rings (SSSR count). The topological polar surface area (TPSA) is 24.5 Å². The lowest BCUT2D eigenvalue weighted by Gasteiger charge is -2.34. The van der Waals surface area contributed by atoms with Gasteiger partial charge in [0.15, 0.2) is 0 Å². The summed E-state index contributed by atoms with van der Waals surface area (Å²) in [6.07, 6.45) is 3.60. The highest BCUT2D eigenvalue weighted by Crippen LogP contribution is 2.19. The van der Waals surface area contributed by atoms with Gasteiger partial charge in [0.1, 0.15) is 0 Å². The van der Waals surface area contributed by atoms with Crippen LogP contribution in [0.15, 0.2) is 30.3 Å². The summed E-state index contributed by atoms with van der Waals surface area (Å²) >= 11 is 0. The number of piperidine rings is 1. The number of para-hydroxylation sites is 1. The summed E-state index contributed by atoms with van der Waals surface area (Å²) in [4.78, 5) is 2.48. The zero-order valence-electron chi connectivity index (χ0n) is 12.0. The Bertz CT molecular complexity index is 334. The van der Waals surface area contributed by atoms with Crippen LogP contribution in [-0.4, -0.2) is 38.9 Å². The molecule has 1 aliphatic heterocycles. The first-order chi connectivity index (χ1) is 9.40. The van der Waals surface area contributed by atoms with E-state index in [-0.39, 0.29) is 0 Å². The van der Waals surface area contributed by atoms with Crippen LogP contribution < -0.4 is 10.2 Å². The van der Waals surface area contributed by atoms with Gasteiger partial charge in [0.05, 0.1) is 0 Å². The SMILES string of the molecule is CCOCCCNC1CCN(c2ccccc2)CC1. The molecule has 0 radical (unpaired) electrons. The molecule has 0 atom stereocenters. The first kappa shape index (κ1) is 14.4. The number of hydrogen-bond acceptors (Lipinski definition) is 3. The molecule has 0 unspecified atom stereocenters. The van der Waals surface area contributed by atoms with Gasteiger partial charge in [-0.15, -0.1) is 0 Å². The maximum atomic E-state index is 5.35. The van der Waals surface area contributed by atoms with Crippen molar-refractivity contribution in [2.75, 3.05) is 37.7 Å². The Labute approximate surface area is 116 Å². The van der Waals surface area contributed by atoms with Crippen molar-refractivity contribution < 1.29 is 4.74 Å². The van der Waals surface area contributed by atoms with Crippen LogP contribution in [0.3, 0.4) is 0 Å². The van der Waals surface area contributed by atoms with Crippen molar-refractivity contribution in [3.63, 3.8) is 0 Å². The number of hydrogen-bond donors (Lipinski definition) is 1. The second kappa shape index (κ2) is 8.18. The third-order valence-electron chi connectivity index (χ3n) is 3.72. The van der Waals surface area contributed by atoms with Crippen LogP contribution in [0.1, 0.15) is 26.2 Å². The number of ether oxygens (including phenoxy) is 1. The normalized spacial score (nSPS) is 16.8. The minimum atomic E-state index is 0.682. The zero-order valence-corrected chi connectivity index (χ0v) is 12.0. The van der Waals surface area contributed by atoms with Crippen molar-refractivity contribution in [1.82, 2.24) is 5.32 Å². The lowest BCUT2D eigenvalue weighted by molar-refractivity contribution is 0.143. The molecule has 0 bridgehead atoms. The molecule has 1 fully saturated rings. The third-order valence-corrected chi connectivity index (χ3v) is 3.72. The summed E-state index contributed by atoms with van der Waals surface area (Å²) in [6, 6.07) is 11.4. The third kappa shape index (κ3) is 4.84. The summed E-state index contributed by atoms with van der Waals surface area (Å²) in [7, 11) is 0. The predicted octanol–water partition coefficient (Wildman–Crippen LogP) is 2.67. The standard InChI is InChI=1S/C16H26N2O/c1-2-19-14-6-11-17-15-9-12-18(13-10-15)16-7-4-3-5-8-16/h3-5,7-8,15,17H,2,6,9-14H2,1H3. The molecule has 1 saturated heterocycles. The van der Waals surface area contributed by atoms with E-state index in [0.717, 1.165) is 39.3 Å². The van der Waals surface area contributed by atoms with Crippen LogP contribution >= 0.6 is 0 Å². The maximum absolute atomic E-state index is 5.35. The van der Waals surface area contributed by atoms with E-state index in [1.807, 2.05) is 6.92 Å². The van der Waals surface area contributed by atoms with Gasteiger partial charge >= 0.3 is 0 Å². The molecule has 3 heteroatoms. The van der Waals surface area contributed by atoms with Crippen LogP contribution in [0.5, 0.6) is 0 Å². The number of rotatable bonds is 7. The minimum Gasteiger partial charge on any atom is -0.382 e. The quantitative estimate of drug-likeness (QED) is 0.765. The van der Waals surface area contributed by atoms with Crippen molar-refractivity contribution in [2.24, 2.45) is 0 Å². The highest BCUT2D eigenvalue weighted by molar-refractivity contribution is 5.46. The van der Waals surface area contributed by atoms with E-state index in [4.69, 9.17) is 4.74 Å². The summed E-state index contributed by atoms with van der Waals surface area (Å²) < 4.78 is 5.35. The van der Waals surface area contributed by atoms with Crippen LogP contribution in [0.25, 0.3) is 0 Å². The monoisotopic (exact) mass is 262 g/mol. The minimum absolute atomic E-state index is 0.682. The van der Waals surface area contributed by atoms with Gasteiger partial charge in [-0.1, -0.05) is 18.2 Å². The maximum Gasteiger partial charge on any atom is 0.0477 e. The van der Waals surface area contributed by atoms with Crippen LogP contribution in [0.4, 0.5) is 5.69 Å². The Hall–Kier alpha value is -1.06. The van der Waals surface area contributed by atoms with E-state index in [0.29, 0.717) is 6.04 Å². The molecular weight excluding hydrogens is 236 g/mol. The molecular formula is C16H26N2O. The largest absolute Gasteiger partial charge is 0.382 e. The smallest absolute Gasteiger partial charge is 0.0477 e. The lowest BCUT2D eigenvalue weighted by Crippen LogP contribution is -2.43. The van der Waals surface area contributed by atoms with Crippen LogP contribution in [-0.2, 0) is 4.74 Å². The van der Waals surface area contributed by atoms with E-state index in [1.54, 1.807) is 0 Å². The second-order valence-corrected chi connectivity index (χ2v) is 5.10. The van der Waals surface area contributed by atoms with Gasteiger partial charge in [-0.05, 0) is 44.9 Å². The number of nitrogens with zero attached hydrogens (tertiary/aromatic N) is 1. The molecule has 0 saturated carbocycles. The molecule has 3 nitrogen and oxygen atoms in total. The van der Waals surface area contributed by atoms with E-state index in [9.17, 15) is 0 Å². The molecule has 0 aromatic heterocycles. The van der Waals surface area contributed by atoms with Gasteiger partial charge in [-0.3, -0.25) is 0 Å². The molecule has 106 valence electrons. The second-order valence-electron chi connectivity index (χ2n) is 5.10. The predicted molar refractivity (Wildman–Crippen MR) is 80.8 cm³/mol. The van der Waals surface area contributed by atoms with Gasteiger partial charge in [-0.25, -0.2) is 0 Å². The van der Waals surface area contributed by atoms with Gasteiger partial charge in [0.2, 0.25) is 0 Å². The summed E-state index contributed by atoms with van der Waals surface area (Å²) in [5.74, 6) is 0. The lowest BCUT2D eigenvalue weighted by atomic mass is 10.0. The van der Waals surface area contributed by atoms with E-state index in [2.05, 4.69) is 40.5 Å². The molecule has 0 spiro atoms. The van der Waals surface area contributed by atoms with Crippen molar-refractivity contribution in [3.8, 4) is 0 Å². The Morgan fingerprint density at radius 1 is 1.21 bits per heavy atom. The molecule has 19 heavy (non-hydrogen) atoms. The van der Waals surface area contributed by atoms with Crippen LogP contribution in [0.2, 0.25) is 0 Å². The Morgan fingerprint density at radius 3 is 2.63 bits per heavy atom. The Balaban J connectivity index is 1.63. The van der Waals surface area contributed by atoms with Gasteiger partial charge in [0, 0.05) is 38.0 Å². The van der Waals surface area contributed by atoms with Gasteiger partial charge in [0.25, 0.3) is 0 Å². The van der Waals surface area contributed by atoms with Crippen molar-refractivity contribution in [2.45, 2.75) is 32.2 Å². The van der Waals surface area contributed by atoms with E-state index in [1.165, 1.54) is 18.5 Å². The fourth-order valence-corrected chi connectivity index (χ4v) is 2.61. The van der Waals surface area contributed by atoms with E-state index >= 15 is 0 Å². The molecule has 1 heterocycles. The average Bonchev–Trinajstić information content (AvgIpc) is 2.49. The molecule has 0 amide bonds. The molecule has 1 N–H and O–H groups in total. The highest BCUT2D eigenvalue weighted by Gasteiger charge is 2.18. The summed E-state index contributed by atoms with van der Waals surface area (Å²) in [5.41, 5.74) is 1.36. The first-order valence-electron chi connectivity index (χ1n) is 7.51. The Morgan fingerprint density at radius 2 is 1.95 bits per heavy atom. The first-order valence-corrected chi connectivity index (χ1v) is 7.51. The summed E-state index contributed by atoms with van der Waals surface area (Å²) in [5, 5.41) is 3.65. The average molecular weight is 262 g/mol. The molecule has 0 aliphatic carbocycles. The fourth-order valence-electron chi connectivity index (χ4n) is 2.61. The van der Waals surface area contributed by atoms with E-state index < -0.39 is 0 Å². The Kier molecular flexibility index (Phi) is 6.18. The van der Waals surface area contributed by atoms with Crippen molar-refractivity contribution in [1.29, 1.82) is 0 Å². The molecule has 1 aromatic rings. The molecule has 1 aromatic carbocycles. The highest BCUT2D eigenvalue weighted by atomic mass is 16.5. The van der Waals surface area contributed by atoms with Gasteiger partial charge in [-0.2, -0.15) is 0 Å².